The maximum absolute atomic E-state index is 4.43. The average Bonchev–Trinajstić information content (AvgIpc) is 2.85. The molecule has 0 saturated heterocycles. The Labute approximate surface area is 91.9 Å². The van der Waals surface area contributed by atoms with Crippen molar-refractivity contribution in [2.75, 3.05) is 7.05 Å². The monoisotopic (exact) mass is 207 g/mol. The van der Waals surface area contributed by atoms with Crippen LogP contribution in [0.3, 0.4) is 0 Å². The lowest BCUT2D eigenvalue weighted by atomic mass is 9.97. The van der Waals surface area contributed by atoms with Crippen LogP contribution in [0.4, 0.5) is 0 Å². The van der Waals surface area contributed by atoms with Gasteiger partial charge in [0.15, 0.2) is 0 Å². The molecule has 15 heavy (non-hydrogen) atoms. The smallest absolute Gasteiger partial charge is 0.0947 e. The summed E-state index contributed by atoms with van der Waals surface area (Å²) in [5.41, 5.74) is 1.19. The topological polar surface area (TPSA) is 29.9 Å². The van der Waals surface area contributed by atoms with E-state index in [1.807, 2.05) is 25.0 Å². The van der Waals surface area contributed by atoms with Crippen LogP contribution in [0.25, 0.3) is 0 Å². The Bertz CT molecular complexity index is 300. The molecule has 3 nitrogen and oxygen atoms in total. The van der Waals surface area contributed by atoms with Crippen LogP contribution in [-0.4, -0.2) is 16.6 Å². The van der Waals surface area contributed by atoms with Crippen LogP contribution >= 0.6 is 0 Å². The lowest BCUT2D eigenvalue weighted by molar-refractivity contribution is 0.408. The molecule has 1 fully saturated rings. The molecule has 2 rings (SSSR count). The molecule has 1 aliphatic rings. The van der Waals surface area contributed by atoms with Crippen molar-refractivity contribution in [3.05, 3.63) is 18.2 Å². The van der Waals surface area contributed by atoms with Gasteiger partial charge in [0, 0.05) is 13.2 Å². The molecule has 0 amide bonds. The van der Waals surface area contributed by atoms with Crippen molar-refractivity contribution in [1.29, 1.82) is 0 Å². The van der Waals surface area contributed by atoms with Gasteiger partial charge in [-0.15, -0.1) is 0 Å². The van der Waals surface area contributed by atoms with Gasteiger partial charge in [-0.1, -0.05) is 25.7 Å². The van der Waals surface area contributed by atoms with Crippen LogP contribution in [0.1, 0.15) is 43.8 Å². The first-order valence-electron chi connectivity index (χ1n) is 5.94. The van der Waals surface area contributed by atoms with Gasteiger partial charge in [-0.25, -0.2) is 4.98 Å². The SMILES string of the molecule is CNC(CC1CCCC1)c1cn(C)cn1. The molecule has 0 spiro atoms. The summed E-state index contributed by atoms with van der Waals surface area (Å²) in [4.78, 5) is 4.43. The highest BCUT2D eigenvalue weighted by Gasteiger charge is 2.21. The Morgan fingerprint density at radius 1 is 1.53 bits per heavy atom. The second-order valence-electron chi connectivity index (χ2n) is 4.69. The minimum absolute atomic E-state index is 0.439. The number of hydrogen-bond acceptors (Lipinski definition) is 2. The number of nitrogens with one attached hydrogen (secondary N) is 1. The molecule has 3 heteroatoms. The minimum Gasteiger partial charge on any atom is -0.340 e. The first-order valence-corrected chi connectivity index (χ1v) is 5.94. The quantitative estimate of drug-likeness (QED) is 0.820. The number of rotatable bonds is 4. The maximum atomic E-state index is 4.43. The van der Waals surface area contributed by atoms with Gasteiger partial charge >= 0.3 is 0 Å². The Hall–Kier alpha value is -0.830. The third-order valence-corrected chi connectivity index (χ3v) is 3.47. The summed E-state index contributed by atoms with van der Waals surface area (Å²) in [5, 5.41) is 3.38. The number of hydrogen-bond donors (Lipinski definition) is 1. The third-order valence-electron chi connectivity index (χ3n) is 3.47. The highest BCUT2D eigenvalue weighted by Crippen LogP contribution is 2.32. The van der Waals surface area contributed by atoms with E-state index in [-0.39, 0.29) is 0 Å². The van der Waals surface area contributed by atoms with E-state index in [2.05, 4.69) is 16.5 Å². The lowest BCUT2D eigenvalue weighted by Gasteiger charge is -2.17. The Morgan fingerprint density at radius 3 is 2.80 bits per heavy atom. The minimum atomic E-state index is 0.439. The molecular formula is C12H21N3. The summed E-state index contributed by atoms with van der Waals surface area (Å²) in [6.07, 6.45) is 10.9. The van der Waals surface area contributed by atoms with E-state index in [9.17, 15) is 0 Å². The van der Waals surface area contributed by atoms with E-state index in [4.69, 9.17) is 0 Å². The number of aromatic nitrogens is 2. The predicted molar refractivity (Wildman–Crippen MR) is 61.6 cm³/mol. The molecule has 0 radical (unpaired) electrons. The second-order valence-corrected chi connectivity index (χ2v) is 4.69. The zero-order valence-electron chi connectivity index (χ0n) is 9.74. The maximum Gasteiger partial charge on any atom is 0.0947 e. The van der Waals surface area contributed by atoms with Crippen molar-refractivity contribution in [3.63, 3.8) is 0 Å². The van der Waals surface area contributed by atoms with Crippen molar-refractivity contribution in [2.45, 2.75) is 38.1 Å². The van der Waals surface area contributed by atoms with Gasteiger partial charge in [0.1, 0.15) is 0 Å². The van der Waals surface area contributed by atoms with E-state index in [1.54, 1.807) is 0 Å². The largest absolute Gasteiger partial charge is 0.340 e. The van der Waals surface area contributed by atoms with Gasteiger partial charge in [-0.05, 0) is 19.4 Å². The normalized spacial score (nSPS) is 19.6. The summed E-state index contributed by atoms with van der Waals surface area (Å²) in [7, 11) is 4.06. The standard InChI is InChI=1S/C12H21N3/c1-13-11(7-10-5-3-4-6-10)12-8-15(2)9-14-12/h8-11,13H,3-7H2,1-2H3. The van der Waals surface area contributed by atoms with E-state index in [0.29, 0.717) is 6.04 Å². The summed E-state index contributed by atoms with van der Waals surface area (Å²) in [6, 6.07) is 0.439. The Morgan fingerprint density at radius 2 is 2.27 bits per heavy atom. The van der Waals surface area contributed by atoms with Crippen molar-refractivity contribution >= 4 is 0 Å². The number of aryl methyl sites for hydroxylation is 1. The second kappa shape index (κ2) is 4.79. The molecule has 0 bridgehead atoms. The molecule has 1 atom stereocenters. The summed E-state index contributed by atoms with van der Waals surface area (Å²) >= 11 is 0. The zero-order valence-corrected chi connectivity index (χ0v) is 9.74. The highest BCUT2D eigenvalue weighted by molar-refractivity contribution is 5.03. The molecule has 1 N–H and O–H groups in total. The number of nitrogens with zero attached hydrogens (tertiary/aromatic N) is 2. The highest BCUT2D eigenvalue weighted by atomic mass is 15.0. The van der Waals surface area contributed by atoms with Crippen LogP contribution in [0.2, 0.25) is 0 Å². The van der Waals surface area contributed by atoms with Crippen molar-refractivity contribution < 1.29 is 0 Å². The summed E-state index contributed by atoms with van der Waals surface area (Å²) in [5.74, 6) is 0.907. The Kier molecular flexibility index (Phi) is 3.41. The van der Waals surface area contributed by atoms with Gasteiger partial charge in [0.05, 0.1) is 18.1 Å². The molecule has 0 aliphatic heterocycles. The molecule has 1 aromatic rings. The summed E-state index contributed by atoms with van der Waals surface area (Å²) in [6.45, 7) is 0. The van der Waals surface area contributed by atoms with Crippen LogP contribution in [0.15, 0.2) is 12.5 Å². The van der Waals surface area contributed by atoms with Gasteiger partial charge in [-0.3, -0.25) is 0 Å². The van der Waals surface area contributed by atoms with E-state index < -0.39 is 0 Å². The zero-order chi connectivity index (χ0) is 10.7. The van der Waals surface area contributed by atoms with Crippen molar-refractivity contribution in [1.82, 2.24) is 14.9 Å². The molecule has 84 valence electrons. The van der Waals surface area contributed by atoms with Gasteiger partial charge in [0.2, 0.25) is 0 Å². The van der Waals surface area contributed by atoms with Crippen LogP contribution in [-0.2, 0) is 7.05 Å². The summed E-state index contributed by atoms with van der Waals surface area (Å²) < 4.78 is 2.02. The van der Waals surface area contributed by atoms with Crippen LogP contribution < -0.4 is 5.32 Å². The first kappa shape index (κ1) is 10.7. The van der Waals surface area contributed by atoms with Gasteiger partial charge in [-0.2, -0.15) is 0 Å². The fourth-order valence-corrected chi connectivity index (χ4v) is 2.58. The molecule has 1 aromatic heterocycles. The molecule has 1 aliphatic carbocycles. The van der Waals surface area contributed by atoms with E-state index in [1.165, 1.54) is 37.8 Å². The van der Waals surface area contributed by atoms with Gasteiger partial charge < -0.3 is 9.88 Å². The molecule has 0 aromatic carbocycles. The van der Waals surface area contributed by atoms with Gasteiger partial charge in [0.25, 0.3) is 0 Å². The van der Waals surface area contributed by atoms with E-state index in [0.717, 1.165) is 5.92 Å². The lowest BCUT2D eigenvalue weighted by Crippen LogP contribution is -2.19. The van der Waals surface area contributed by atoms with Crippen LogP contribution in [0.5, 0.6) is 0 Å². The van der Waals surface area contributed by atoms with Crippen molar-refractivity contribution in [3.8, 4) is 0 Å². The van der Waals surface area contributed by atoms with Crippen LogP contribution in [0, 0.1) is 5.92 Å². The fourth-order valence-electron chi connectivity index (χ4n) is 2.58. The molecular weight excluding hydrogens is 186 g/mol. The fraction of sp³-hybridized carbons (Fsp3) is 0.750. The predicted octanol–water partition coefficient (Wildman–Crippen LogP) is 2.26. The molecule has 1 saturated carbocycles. The average molecular weight is 207 g/mol. The molecule has 1 unspecified atom stereocenters. The van der Waals surface area contributed by atoms with Crippen molar-refractivity contribution in [2.24, 2.45) is 13.0 Å². The third kappa shape index (κ3) is 2.59. The Balaban J connectivity index is 1.97. The molecule has 1 heterocycles. The number of imidazole rings is 1. The van der Waals surface area contributed by atoms with E-state index >= 15 is 0 Å². The first-order chi connectivity index (χ1) is 7.29.